The molecular weight excluding hydrogens is 218 g/mol. The van der Waals surface area contributed by atoms with Gasteiger partial charge in [0.05, 0.1) is 12.7 Å². The number of nitrogens with zero attached hydrogens (tertiary/aromatic N) is 3. The SMILES string of the molecule is Cc1ccccc1OCCn1cc(C=O)nn1. The zero-order valence-corrected chi connectivity index (χ0v) is 9.54. The van der Waals surface area contributed by atoms with Crippen LogP contribution >= 0.6 is 0 Å². The van der Waals surface area contributed by atoms with Gasteiger partial charge >= 0.3 is 0 Å². The van der Waals surface area contributed by atoms with E-state index in [1.807, 2.05) is 31.2 Å². The van der Waals surface area contributed by atoms with Crippen molar-refractivity contribution in [2.24, 2.45) is 0 Å². The molecule has 0 N–H and O–H groups in total. The molecule has 0 aliphatic rings. The Morgan fingerprint density at radius 3 is 2.94 bits per heavy atom. The summed E-state index contributed by atoms with van der Waals surface area (Å²) in [6.07, 6.45) is 2.26. The van der Waals surface area contributed by atoms with E-state index in [1.165, 1.54) is 0 Å². The van der Waals surface area contributed by atoms with Gasteiger partial charge in [-0.1, -0.05) is 23.4 Å². The van der Waals surface area contributed by atoms with E-state index in [4.69, 9.17) is 4.74 Å². The second kappa shape index (κ2) is 5.25. The van der Waals surface area contributed by atoms with E-state index in [0.717, 1.165) is 11.3 Å². The molecule has 1 aromatic heterocycles. The zero-order valence-electron chi connectivity index (χ0n) is 9.54. The molecule has 0 bridgehead atoms. The van der Waals surface area contributed by atoms with Crippen molar-refractivity contribution in [2.75, 3.05) is 6.61 Å². The molecule has 0 spiro atoms. The fourth-order valence-corrected chi connectivity index (χ4v) is 1.44. The molecule has 0 aliphatic carbocycles. The summed E-state index contributed by atoms with van der Waals surface area (Å²) in [6.45, 7) is 3.05. The highest BCUT2D eigenvalue weighted by Crippen LogP contribution is 2.15. The lowest BCUT2D eigenvalue weighted by Gasteiger charge is -2.08. The fourth-order valence-electron chi connectivity index (χ4n) is 1.44. The molecule has 17 heavy (non-hydrogen) atoms. The molecule has 0 amide bonds. The Bertz CT molecular complexity index is 508. The molecular formula is C12H13N3O2. The third-order valence-electron chi connectivity index (χ3n) is 2.35. The summed E-state index contributed by atoms with van der Waals surface area (Å²) in [7, 11) is 0. The van der Waals surface area contributed by atoms with E-state index in [2.05, 4.69) is 10.3 Å². The Labute approximate surface area is 99.0 Å². The molecule has 2 rings (SSSR count). The van der Waals surface area contributed by atoms with Gasteiger partial charge in [0.15, 0.2) is 6.29 Å². The second-order valence-corrected chi connectivity index (χ2v) is 3.64. The molecule has 0 saturated heterocycles. The van der Waals surface area contributed by atoms with Crippen LogP contribution < -0.4 is 4.74 Å². The number of rotatable bonds is 5. The quantitative estimate of drug-likeness (QED) is 0.731. The average Bonchev–Trinajstić information content (AvgIpc) is 2.80. The zero-order chi connectivity index (χ0) is 12.1. The summed E-state index contributed by atoms with van der Waals surface area (Å²) in [5, 5.41) is 7.46. The topological polar surface area (TPSA) is 57.0 Å². The van der Waals surface area contributed by atoms with Crippen LogP contribution in [0.4, 0.5) is 0 Å². The Morgan fingerprint density at radius 1 is 1.41 bits per heavy atom. The minimum absolute atomic E-state index is 0.334. The van der Waals surface area contributed by atoms with Crippen LogP contribution in [0, 0.1) is 6.92 Å². The van der Waals surface area contributed by atoms with Crippen LogP contribution in [-0.2, 0) is 6.54 Å². The highest BCUT2D eigenvalue weighted by molar-refractivity contribution is 5.70. The third kappa shape index (κ3) is 2.90. The van der Waals surface area contributed by atoms with E-state index in [0.29, 0.717) is 25.1 Å². The summed E-state index contributed by atoms with van der Waals surface area (Å²) in [5.74, 6) is 0.864. The smallest absolute Gasteiger partial charge is 0.171 e. The Hall–Kier alpha value is -2.17. The summed E-state index contributed by atoms with van der Waals surface area (Å²) in [5.41, 5.74) is 1.43. The van der Waals surface area contributed by atoms with Gasteiger partial charge in [0.2, 0.25) is 0 Å². The van der Waals surface area contributed by atoms with Gasteiger partial charge in [-0.2, -0.15) is 0 Å². The molecule has 88 valence electrons. The average molecular weight is 231 g/mol. The number of ether oxygens (including phenoxy) is 1. The maximum absolute atomic E-state index is 10.4. The van der Waals surface area contributed by atoms with Crippen LogP contribution in [0.5, 0.6) is 5.75 Å². The summed E-state index contributed by atoms with van der Waals surface area (Å²) in [6, 6.07) is 7.82. The number of benzene rings is 1. The van der Waals surface area contributed by atoms with Gasteiger partial charge in [0.1, 0.15) is 18.1 Å². The van der Waals surface area contributed by atoms with Crippen molar-refractivity contribution in [3.05, 3.63) is 41.7 Å². The first kappa shape index (κ1) is 11.3. The molecule has 0 unspecified atom stereocenters. The first-order chi connectivity index (χ1) is 8.29. The van der Waals surface area contributed by atoms with Crippen molar-refractivity contribution in [3.8, 4) is 5.75 Å². The molecule has 0 radical (unpaired) electrons. The maximum atomic E-state index is 10.4. The van der Waals surface area contributed by atoms with Gasteiger partial charge in [-0.05, 0) is 18.6 Å². The van der Waals surface area contributed by atoms with Crippen LogP contribution in [-0.4, -0.2) is 27.9 Å². The maximum Gasteiger partial charge on any atom is 0.171 e. The molecule has 5 nitrogen and oxygen atoms in total. The lowest BCUT2D eigenvalue weighted by Crippen LogP contribution is -2.09. The Kier molecular flexibility index (Phi) is 3.49. The number of carbonyl (C=O) groups excluding carboxylic acids is 1. The van der Waals surface area contributed by atoms with E-state index in [1.54, 1.807) is 10.9 Å². The van der Waals surface area contributed by atoms with Crippen LogP contribution in [0.25, 0.3) is 0 Å². The lowest BCUT2D eigenvalue weighted by molar-refractivity contribution is 0.111. The largest absolute Gasteiger partial charge is 0.491 e. The van der Waals surface area contributed by atoms with Gasteiger partial charge in [0, 0.05) is 0 Å². The Morgan fingerprint density at radius 2 is 2.24 bits per heavy atom. The van der Waals surface area contributed by atoms with Crippen LogP contribution in [0.3, 0.4) is 0 Å². The van der Waals surface area contributed by atoms with E-state index in [9.17, 15) is 4.79 Å². The van der Waals surface area contributed by atoms with Crippen molar-refractivity contribution in [2.45, 2.75) is 13.5 Å². The number of hydrogen-bond donors (Lipinski definition) is 0. The minimum Gasteiger partial charge on any atom is -0.491 e. The third-order valence-corrected chi connectivity index (χ3v) is 2.35. The van der Waals surface area contributed by atoms with Gasteiger partial charge in [0.25, 0.3) is 0 Å². The van der Waals surface area contributed by atoms with Crippen molar-refractivity contribution in [1.29, 1.82) is 0 Å². The first-order valence-corrected chi connectivity index (χ1v) is 5.33. The summed E-state index contributed by atoms with van der Waals surface area (Å²) >= 11 is 0. The van der Waals surface area contributed by atoms with E-state index in [-0.39, 0.29) is 0 Å². The standard InChI is InChI=1S/C12H13N3O2/c1-10-4-2-3-5-12(10)17-7-6-15-8-11(9-16)13-14-15/h2-5,8-9H,6-7H2,1H3. The molecule has 0 fully saturated rings. The molecule has 1 aromatic carbocycles. The molecule has 2 aromatic rings. The van der Waals surface area contributed by atoms with Gasteiger partial charge in [-0.3, -0.25) is 4.79 Å². The van der Waals surface area contributed by atoms with Crippen molar-refractivity contribution in [1.82, 2.24) is 15.0 Å². The number of carbonyl (C=O) groups is 1. The van der Waals surface area contributed by atoms with Gasteiger partial charge < -0.3 is 4.74 Å². The molecule has 5 heteroatoms. The highest BCUT2D eigenvalue weighted by atomic mass is 16.5. The number of aromatic nitrogens is 3. The summed E-state index contributed by atoms with van der Waals surface area (Å²) in [4.78, 5) is 10.4. The van der Waals surface area contributed by atoms with Crippen molar-refractivity contribution in [3.63, 3.8) is 0 Å². The number of aryl methyl sites for hydroxylation is 1. The van der Waals surface area contributed by atoms with Crippen molar-refractivity contribution < 1.29 is 9.53 Å². The van der Waals surface area contributed by atoms with Gasteiger partial charge in [-0.25, -0.2) is 4.68 Å². The highest BCUT2D eigenvalue weighted by Gasteiger charge is 2.00. The Balaban J connectivity index is 1.87. The van der Waals surface area contributed by atoms with E-state index < -0.39 is 0 Å². The number of aldehydes is 1. The second-order valence-electron chi connectivity index (χ2n) is 3.64. The monoisotopic (exact) mass is 231 g/mol. The lowest BCUT2D eigenvalue weighted by atomic mass is 10.2. The normalized spacial score (nSPS) is 10.2. The fraction of sp³-hybridized carbons (Fsp3) is 0.250. The van der Waals surface area contributed by atoms with E-state index >= 15 is 0 Å². The predicted molar refractivity (Wildman–Crippen MR) is 62.1 cm³/mol. The molecule has 1 heterocycles. The van der Waals surface area contributed by atoms with Crippen LogP contribution in [0.15, 0.2) is 30.5 Å². The van der Waals surface area contributed by atoms with Crippen molar-refractivity contribution >= 4 is 6.29 Å². The van der Waals surface area contributed by atoms with Crippen LogP contribution in [0.2, 0.25) is 0 Å². The number of hydrogen-bond acceptors (Lipinski definition) is 4. The number of para-hydroxylation sites is 1. The molecule has 0 aliphatic heterocycles. The molecule has 0 atom stereocenters. The first-order valence-electron chi connectivity index (χ1n) is 5.33. The van der Waals surface area contributed by atoms with Crippen LogP contribution in [0.1, 0.15) is 16.1 Å². The summed E-state index contributed by atoms with van der Waals surface area (Å²) < 4.78 is 7.19. The predicted octanol–water partition coefficient (Wildman–Crippen LogP) is 1.48. The minimum atomic E-state index is 0.334. The van der Waals surface area contributed by atoms with Gasteiger partial charge in [-0.15, -0.1) is 5.10 Å². The molecule has 0 saturated carbocycles.